The van der Waals surface area contributed by atoms with E-state index < -0.39 is 22.3 Å². The monoisotopic (exact) mass is 1120 g/mol. The Morgan fingerprint density at radius 1 is 0.436 bits per heavy atom. The lowest BCUT2D eigenvalue weighted by Gasteiger charge is -2.32. The zero-order chi connectivity index (χ0) is 58.8. The highest BCUT2D eigenvalue weighted by Crippen LogP contribution is 2.21. The summed E-state index contributed by atoms with van der Waals surface area (Å²) in [5, 5.41) is 11.9. The molecule has 22 heteroatoms. The zero-order valence-corrected chi connectivity index (χ0v) is 51.1. The van der Waals surface area contributed by atoms with Crippen LogP contribution in [0, 0.1) is 5.92 Å². The van der Waals surface area contributed by atoms with Gasteiger partial charge in [-0.05, 0) is 108 Å². The molecule has 0 bridgehead atoms. The summed E-state index contributed by atoms with van der Waals surface area (Å²) in [7, 11) is 1.51. The molecule has 0 fully saturated rings. The maximum Gasteiger partial charge on any atom is 0.229 e. The molecule has 0 aromatic carbocycles. The molecule has 0 aromatic rings. The van der Waals surface area contributed by atoms with Crippen LogP contribution in [-0.2, 0) is 71.3 Å². The van der Waals surface area contributed by atoms with Crippen LogP contribution in [0.4, 0.5) is 4.79 Å². The van der Waals surface area contributed by atoms with Crippen molar-refractivity contribution in [1.82, 2.24) is 26.2 Å². The molecule has 0 saturated carbocycles. The Balaban J connectivity index is 3.88. The molecule has 0 aliphatic rings. The lowest BCUT2D eigenvalue weighted by molar-refractivity contribution is -0.127. The van der Waals surface area contributed by atoms with Gasteiger partial charge in [-0.1, -0.05) is 20.7 Å². The first-order chi connectivity index (χ1) is 36.7. The minimum absolute atomic E-state index is 0.0239. The quantitative estimate of drug-likeness (QED) is 0.0435. The van der Waals surface area contributed by atoms with Crippen LogP contribution in [0.1, 0.15) is 141 Å². The number of amides is 5. The molecule has 0 spiro atoms. The minimum atomic E-state index is -0.603. The van der Waals surface area contributed by atoms with Crippen molar-refractivity contribution in [3.8, 4) is 0 Å². The highest BCUT2D eigenvalue weighted by molar-refractivity contribution is 6.72. The Morgan fingerprint density at radius 2 is 0.769 bits per heavy atom. The first-order valence-corrected chi connectivity index (χ1v) is 28.5. The van der Waals surface area contributed by atoms with Gasteiger partial charge in [0.15, 0.2) is 5.81 Å². The van der Waals surface area contributed by atoms with Gasteiger partial charge in [0, 0.05) is 58.5 Å². The number of hydrogen-bond acceptors (Lipinski definition) is 16. The van der Waals surface area contributed by atoms with E-state index >= 15 is 0 Å². The average molecular weight is 1120 g/mol. The fraction of sp³-hybridized carbons (Fsp3) is 0.911. The molecule has 21 nitrogen and oxygen atoms in total. The first kappa shape index (κ1) is 75.0. The zero-order valence-electron chi connectivity index (χ0n) is 51.1. The van der Waals surface area contributed by atoms with Crippen molar-refractivity contribution in [1.29, 1.82) is 0 Å². The van der Waals surface area contributed by atoms with Crippen molar-refractivity contribution in [2.45, 2.75) is 176 Å². The van der Waals surface area contributed by atoms with Gasteiger partial charge in [-0.15, -0.1) is 0 Å². The SMILES string of the molecule is C[B]C(=O)N(CCOCCOCCOCCOCCC(=O)NC(C)(C)COC(C)(C)CCC(=O)NCCC(C)C)CCOCCOCCOCCOCCC(=O)NC(C)(C)COC(C)(C)CCC(=O)NCCC(C)(C)OCC. The van der Waals surface area contributed by atoms with Gasteiger partial charge in [0.2, 0.25) is 30.9 Å². The van der Waals surface area contributed by atoms with Crippen LogP contribution in [0.3, 0.4) is 0 Å². The summed E-state index contributed by atoms with van der Waals surface area (Å²) in [6.45, 7) is 36.4. The maximum absolute atomic E-state index is 12.6. The van der Waals surface area contributed by atoms with E-state index in [0.717, 1.165) is 12.8 Å². The molecule has 0 rings (SSSR count). The number of ether oxygens (including phenoxy) is 11. The predicted molar refractivity (Wildman–Crippen MR) is 303 cm³/mol. The summed E-state index contributed by atoms with van der Waals surface area (Å²) in [6.07, 6.45) is 3.95. The number of carbonyl (C=O) groups is 5. The smallest absolute Gasteiger partial charge is 0.229 e. The number of carbonyl (C=O) groups excluding carboxylic acids is 5. The standard InChI is InChI=1S/C56H109BN5O16/c1-15-76-56(12,13)23-25-59-48(64)17-22-55(10,11)78-45-53(6,7)61-50(66)20-29-69-33-37-73-41-43-75-39-35-71-31-27-62(51(67)57-14)26-30-70-34-38-74-42-40-72-36-32-68-28-19-49(65)60-52(4,5)44-77-54(8,9)21-16-47(63)58-24-18-46(2)3/h46H,15-45H2,1-14H3,(H,58,63)(H,59,64)(H,60,65)(H,61,66). The second-order valence-corrected chi connectivity index (χ2v) is 22.8. The Kier molecular flexibility index (Phi) is 42.0. The van der Waals surface area contributed by atoms with E-state index in [1.165, 1.54) is 7.28 Å². The third-order valence-electron chi connectivity index (χ3n) is 11.9. The number of hydrogen-bond donors (Lipinski definition) is 4. The summed E-state index contributed by atoms with van der Waals surface area (Å²) < 4.78 is 62.7. The minimum Gasteiger partial charge on any atom is -0.379 e. The van der Waals surface area contributed by atoms with Gasteiger partial charge in [-0.25, -0.2) is 0 Å². The van der Waals surface area contributed by atoms with Gasteiger partial charge in [0.05, 0.1) is 147 Å². The molecule has 0 heterocycles. The second kappa shape index (κ2) is 43.7. The topological polar surface area (TPSA) is 238 Å². The van der Waals surface area contributed by atoms with E-state index in [-0.39, 0.29) is 61.1 Å². The molecule has 0 aliphatic carbocycles. The van der Waals surface area contributed by atoms with Crippen molar-refractivity contribution in [3.05, 3.63) is 0 Å². The lowest BCUT2D eigenvalue weighted by atomic mass is 9.80. The Hall–Kier alpha value is -3.03. The molecule has 4 N–H and O–H groups in total. The van der Waals surface area contributed by atoms with Gasteiger partial charge in [-0.3, -0.25) is 24.0 Å². The summed E-state index contributed by atoms with van der Waals surface area (Å²) in [4.78, 5) is 63.8. The molecule has 1 radical (unpaired) electrons. The number of rotatable bonds is 53. The van der Waals surface area contributed by atoms with Crippen LogP contribution in [0.15, 0.2) is 0 Å². The molecule has 0 aliphatic heterocycles. The molecule has 457 valence electrons. The molecule has 0 aromatic heterocycles. The Bertz CT molecular complexity index is 1590. The maximum atomic E-state index is 12.6. The summed E-state index contributed by atoms with van der Waals surface area (Å²) >= 11 is 0. The van der Waals surface area contributed by atoms with Gasteiger partial charge < -0.3 is 78.3 Å². The van der Waals surface area contributed by atoms with E-state index in [1.807, 2.05) is 76.2 Å². The van der Waals surface area contributed by atoms with E-state index in [4.69, 9.17) is 52.1 Å². The molecule has 5 amide bonds. The highest BCUT2D eigenvalue weighted by atomic mass is 16.6. The van der Waals surface area contributed by atoms with Crippen LogP contribution in [0.5, 0.6) is 0 Å². The molecule has 0 saturated heterocycles. The third kappa shape index (κ3) is 46.7. The largest absolute Gasteiger partial charge is 0.379 e. The number of nitrogens with one attached hydrogen (secondary N) is 4. The molecule has 0 unspecified atom stereocenters. The van der Waals surface area contributed by atoms with Gasteiger partial charge in [-0.2, -0.15) is 0 Å². The fourth-order valence-electron chi connectivity index (χ4n) is 7.04. The lowest BCUT2D eigenvalue weighted by Crippen LogP contribution is -2.49. The van der Waals surface area contributed by atoms with Gasteiger partial charge in [0.25, 0.3) is 0 Å². The predicted octanol–water partition coefficient (Wildman–Crippen LogP) is 5.50. The molecule has 78 heavy (non-hydrogen) atoms. The van der Waals surface area contributed by atoms with E-state index in [2.05, 4.69) is 35.1 Å². The summed E-state index contributed by atoms with van der Waals surface area (Å²) in [6, 6.07) is 0. The van der Waals surface area contributed by atoms with Crippen LogP contribution in [-0.4, -0.2) is 221 Å². The van der Waals surface area contributed by atoms with Crippen molar-refractivity contribution >= 4 is 36.7 Å². The van der Waals surface area contributed by atoms with Crippen LogP contribution in [0.25, 0.3) is 0 Å². The molecule has 0 atom stereocenters. The van der Waals surface area contributed by atoms with Crippen molar-refractivity contribution in [2.75, 3.05) is 152 Å². The van der Waals surface area contributed by atoms with Crippen LogP contribution >= 0.6 is 0 Å². The summed E-state index contributed by atoms with van der Waals surface area (Å²) in [5.41, 5.74) is -2.52. The Morgan fingerprint density at radius 3 is 1.12 bits per heavy atom. The van der Waals surface area contributed by atoms with Crippen molar-refractivity contribution < 1.29 is 76.1 Å². The van der Waals surface area contributed by atoms with E-state index in [0.29, 0.717) is 170 Å². The average Bonchev–Trinajstić information content (AvgIpc) is 3.35. The van der Waals surface area contributed by atoms with E-state index in [9.17, 15) is 24.0 Å². The first-order valence-electron chi connectivity index (χ1n) is 28.5. The summed E-state index contributed by atoms with van der Waals surface area (Å²) in [5.74, 6) is 0.167. The molecular formula is C56H109BN5O16. The van der Waals surface area contributed by atoms with Crippen molar-refractivity contribution in [2.24, 2.45) is 5.92 Å². The molecular weight excluding hydrogens is 1010 g/mol. The van der Waals surface area contributed by atoms with Gasteiger partial charge >= 0.3 is 0 Å². The van der Waals surface area contributed by atoms with Crippen molar-refractivity contribution in [3.63, 3.8) is 0 Å². The number of nitrogens with zero attached hydrogens (tertiary/aromatic N) is 1. The highest BCUT2D eigenvalue weighted by Gasteiger charge is 2.29. The van der Waals surface area contributed by atoms with E-state index in [1.54, 1.807) is 11.7 Å². The second-order valence-electron chi connectivity index (χ2n) is 22.8. The Labute approximate surface area is 471 Å². The van der Waals surface area contributed by atoms with Crippen LogP contribution in [0.2, 0.25) is 6.82 Å². The van der Waals surface area contributed by atoms with Gasteiger partial charge in [0.1, 0.15) is 0 Å². The third-order valence-corrected chi connectivity index (χ3v) is 11.9. The fourth-order valence-corrected chi connectivity index (χ4v) is 7.04. The normalized spacial score (nSPS) is 12.4. The van der Waals surface area contributed by atoms with Crippen LogP contribution < -0.4 is 21.3 Å².